The number of nitrogens with zero attached hydrogens (tertiary/aromatic N) is 1. The number of benzene rings is 3. The Labute approximate surface area is 221 Å². The molecule has 3 aromatic carbocycles. The Kier molecular flexibility index (Phi) is 7.40. The van der Waals surface area contributed by atoms with Crippen molar-refractivity contribution in [3.8, 4) is 11.5 Å². The van der Waals surface area contributed by atoms with Gasteiger partial charge in [-0.25, -0.2) is 4.90 Å². The summed E-state index contributed by atoms with van der Waals surface area (Å²) < 4.78 is 10.5. The normalized spacial score (nSPS) is 13.2. The number of rotatable bonds is 7. The second kappa shape index (κ2) is 10.5. The fraction of sp³-hybridized carbons (Fsp3) is 0.0800. The average Bonchev–Trinajstić information content (AvgIpc) is 3.09. The van der Waals surface area contributed by atoms with Gasteiger partial charge in [-0.2, -0.15) is 0 Å². The first-order valence-corrected chi connectivity index (χ1v) is 11.5. The van der Waals surface area contributed by atoms with Crippen LogP contribution in [0.1, 0.15) is 10.4 Å². The lowest BCUT2D eigenvalue weighted by Crippen LogP contribution is -2.32. The Hall–Kier alpha value is -3.72. The van der Waals surface area contributed by atoms with Crippen LogP contribution >= 0.6 is 34.8 Å². The van der Waals surface area contributed by atoms with E-state index >= 15 is 0 Å². The van der Waals surface area contributed by atoms with E-state index in [2.05, 4.69) is 10.6 Å². The third kappa shape index (κ3) is 4.97. The lowest BCUT2D eigenvalue weighted by atomic mass is 10.2. The van der Waals surface area contributed by atoms with Gasteiger partial charge in [0.05, 0.1) is 30.0 Å². The molecule has 1 heterocycles. The van der Waals surface area contributed by atoms with Gasteiger partial charge in [0.15, 0.2) is 0 Å². The summed E-state index contributed by atoms with van der Waals surface area (Å²) in [7, 11) is 2.88. The fourth-order valence-corrected chi connectivity index (χ4v) is 3.94. The van der Waals surface area contributed by atoms with Crippen molar-refractivity contribution in [2.45, 2.75) is 0 Å². The number of anilines is 3. The van der Waals surface area contributed by atoms with E-state index in [-0.39, 0.29) is 22.3 Å². The number of hydrogen-bond donors (Lipinski definition) is 2. The van der Waals surface area contributed by atoms with Crippen LogP contribution in [0.3, 0.4) is 0 Å². The molecule has 0 fully saturated rings. The first-order chi connectivity index (χ1) is 17.2. The van der Waals surface area contributed by atoms with E-state index in [1.54, 1.807) is 48.5 Å². The Bertz CT molecular complexity index is 1410. The highest BCUT2D eigenvalue weighted by Gasteiger charge is 2.40. The fourth-order valence-electron chi connectivity index (χ4n) is 3.43. The highest BCUT2D eigenvalue weighted by Crippen LogP contribution is 2.38. The number of methoxy groups -OCH3 is 2. The van der Waals surface area contributed by atoms with Crippen LogP contribution in [0.4, 0.5) is 17.1 Å². The molecule has 0 unspecified atom stereocenters. The molecule has 3 amide bonds. The molecular formula is C25H18Cl3N3O5. The summed E-state index contributed by atoms with van der Waals surface area (Å²) in [5, 5.41) is 5.99. The van der Waals surface area contributed by atoms with Gasteiger partial charge in [-0.15, -0.1) is 0 Å². The topological polar surface area (TPSA) is 97.0 Å². The van der Waals surface area contributed by atoms with E-state index in [0.717, 1.165) is 4.90 Å². The summed E-state index contributed by atoms with van der Waals surface area (Å²) in [5.74, 6) is -1.04. The van der Waals surface area contributed by atoms with Gasteiger partial charge in [0, 0.05) is 23.0 Å². The van der Waals surface area contributed by atoms with E-state index in [1.165, 1.54) is 26.4 Å². The minimum Gasteiger partial charge on any atom is -0.497 e. The van der Waals surface area contributed by atoms with E-state index in [4.69, 9.17) is 44.3 Å². The van der Waals surface area contributed by atoms with Gasteiger partial charge in [0.1, 0.15) is 22.2 Å². The lowest BCUT2D eigenvalue weighted by Gasteiger charge is -2.19. The van der Waals surface area contributed by atoms with Crippen LogP contribution < -0.4 is 25.0 Å². The predicted octanol–water partition coefficient (Wildman–Crippen LogP) is 5.70. The number of halogens is 3. The molecule has 1 aliphatic rings. The molecule has 0 aliphatic carbocycles. The first-order valence-electron chi connectivity index (χ1n) is 10.4. The SMILES string of the molecule is COc1ccc(OC)c(N2C(=O)C(Cl)=C(Nc3ccc(C(=O)Nc4ccc(Cl)c(Cl)c4)cc3)C2=O)c1. The number of ether oxygens (including phenoxy) is 2. The van der Waals surface area contributed by atoms with Crippen LogP contribution in [0.5, 0.6) is 11.5 Å². The molecule has 4 rings (SSSR count). The maximum atomic E-state index is 13.1. The van der Waals surface area contributed by atoms with Gasteiger partial charge >= 0.3 is 0 Å². The highest BCUT2D eigenvalue weighted by atomic mass is 35.5. The van der Waals surface area contributed by atoms with E-state index in [0.29, 0.717) is 38.5 Å². The quantitative estimate of drug-likeness (QED) is 0.369. The van der Waals surface area contributed by atoms with Gasteiger partial charge in [-0.1, -0.05) is 34.8 Å². The molecule has 0 atom stereocenters. The number of carbonyl (C=O) groups is 3. The Morgan fingerprint density at radius 1 is 0.806 bits per heavy atom. The second-order valence-electron chi connectivity index (χ2n) is 7.46. The molecule has 8 nitrogen and oxygen atoms in total. The summed E-state index contributed by atoms with van der Waals surface area (Å²) >= 11 is 18.1. The van der Waals surface area contributed by atoms with Crippen molar-refractivity contribution in [2.24, 2.45) is 0 Å². The maximum Gasteiger partial charge on any atom is 0.283 e. The summed E-state index contributed by atoms with van der Waals surface area (Å²) in [6.45, 7) is 0. The number of nitrogens with one attached hydrogen (secondary N) is 2. The zero-order chi connectivity index (χ0) is 26.0. The predicted molar refractivity (Wildman–Crippen MR) is 139 cm³/mol. The number of hydrogen-bond acceptors (Lipinski definition) is 6. The molecule has 0 saturated carbocycles. The molecule has 0 bridgehead atoms. The van der Waals surface area contributed by atoms with Gasteiger partial charge < -0.3 is 20.1 Å². The molecule has 0 aromatic heterocycles. The summed E-state index contributed by atoms with van der Waals surface area (Å²) in [4.78, 5) is 39.5. The summed E-state index contributed by atoms with van der Waals surface area (Å²) in [5.41, 5.74) is 1.35. The molecule has 1 aliphatic heterocycles. The Morgan fingerprint density at radius 2 is 1.50 bits per heavy atom. The van der Waals surface area contributed by atoms with E-state index < -0.39 is 11.8 Å². The minimum absolute atomic E-state index is 0.112. The van der Waals surface area contributed by atoms with Crippen molar-refractivity contribution in [1.29, 1.82) is 0 Å². The Morgan fingerprint density at radius 3 is 2.14 bits per heavy atom. The molecule has 184 valence electrons. The Balaban J connectivity index is 1.51. The van der Waals surface area contributed by atoms with Crippen molar-refractivity contribution in [1.82, 2.24) is 0 Å². The second-order valence-corrected chi connectivity index (χ2v) is 8.65. The lowest BCUT2D eigenvalue weighted by molar-refractivity contribution is -0.120. The standard InChI is InChI=1S/C25H18Cl3N3O5/c1-35-16-8-10-20(36-2)19(12-16)31-24(33)21(28)22(25(31)34)29-14-5-3-13(4-6-14)23(32)30-15-7-9-17(26)18(27)11-15/h3-12,29H,1-2H3,(H,30,32). The van der Waals surface area contributed by atoms with Gasteiger partial charge in [-0.05, 0) is 54.6 Å². The largest absolute Gasteiger partial charge is 0.497 e. The van der Waals surface area contributed by atoms with Crippen molar-refractivity contribution in [3.63, 3.8) is 0 Å². The van der Waals surface area contributed by atoms with Crippen LogP contribution in [0.2, 0.25) is 10.0 Å². The van der Waals surface area contributed by atoms with Crippen LogP contribution in [0.25, 0.3) is 0 Å². The smallest absolute Gasteiger partial charge is 0.283 e. The van der Waals surface area contributed by atoms with Gasteiger partial charge in [-0.3, -0.25) is 14.4 Å². The van der Waals surface area contributed by atoms with E-state index in [1.807, 2.05) is 0 Å². The van der Waals surface area contributed by atoms with E-state index in [9.17, 15) is 14.4 Å². The van der Waals surface area contributed by atoms with Crippen LogP contribution in [0, 0.1) is 0 Å². The van der Waals surface area contributed by atoms with Crippen LogP contribution in [0.15, 0.2) is 71.4 Å². The third-order valence-electron chi connectivity index (χ3n) is 5.25. The molecule has 11 heteroatoms. The average molecular weight is 547 g/mol. The summed E-state index contributed by atoms with van der Waals surface area (Å²) in [6, 6.07) is 15.7. The first kappa shape index (κ1) is 25.4. The molecule has 0 spiro atoms. The van der Waals surface area contributed by atoms with Crippen molar-refractivity contribution >= 4 is 69.6 Å². The van der Waals surface area contributed by atoms with Crippen LogP contribution in [-0.2, 0) is 9.59 Å². The van der Waals surface area contributed by atoms with Crippen molar-refractivity contribution in [2.75, 3.05) is 29.8 Å². The number of imide groups is 1. The minimum atomic E-state index is -0.714. The number of amides is 3. The molecule has 0 saturated heterocycles. The number of carbonyl (C=O) groups excluding carboxylic acids is 3. The summed E-state index contributed by atoms with van der Waals surface area (Å²) in [6.07, 6.45) is 0. The van der Waals surface area contributed by atoms with Crippen molar-refractivity contribution in [3.05, 3.63) is 87.0 Å². The molecule has 2 N–H and O–H groups in total. The zero-order valence-electron chi connectivity index (χ0n) is 18.9. The third-order valence-corrected chi connectivity index (χ3v) is 6.34. The van der Waals surface area contributed by atoms with Gasteiger partial charge in [0.25, 0.3) is 17.7 Å². The molecular weight excluding hydrogens is 529 g/mol. The van der Waals surface area contributed by atoms with Crippen molar-refractivity contribution < 1.29 is 23.9 Å². The molecule has 36 heavy (non-hydrogen) atoms. The zero-order valence-corrected chi connectivity index (χ0v) is 21.2. The molecule has 3 aromatic rings. The maximum absolute atomic E-state index is 13.1. The highest BCUT2D eigenvalue weighted by molar-refractivity contribution is 6.53. The van der Waals surface area contributed by atoms with Gasteiger partial charge in [0.2, 0.25) is 0 Å². The van der Waals surface area contributed by atoms with Crippen LogP contribution in [-0.4, -0.2) is 31.9 Å². The monoisotopic (exact) mass is 545 g/mol. The molecule has 0 radical (unpaired) electrons.